The highest BCUT2D eigenvalue weighted by Gasteiger charge is 2.68. The molecular weight excluding hydrogens is 366 g/mol. The molecule has 1 saturated heterocycles. The highest BCUT2D eigenvalue weighted by atomic mass is 16.5. The molecule has 0 radical (unpaired) electrons. The Morgan fingerprint density at radius 2 is 1.90 bits per heavy atom. The van der Waals surface area contributed by atoms with Crippen molar-refractivity contribution in [2.24, 2.45) is 22.7 Å². The number of rotatable bonds is 6. The van der Waals surface area contributed by atoms with Gasteiger partial charge in [0.1, 0.15) is 11.5 Å². The molecule has 2 aliphatic carbocycles. The third-order valence-corrected chi connectivity index (χ3v) is 7.99. The lowest BCUT2D eigenvalue weighted by Crippen LogP contribution is -2.58. The maximum atomic E-state index is 12.6. The van der Waals surface area contributed by atoms with Gasteiger partial charge in [0, 0.05) is 25.1 Å². The first-order valence-electron chi connectivity index (χ1n) is 11.0. The number of benzene rings is 1. The van der Waals surface area contributed by atoms with Gasteiger partial charge < -0.3 is 19.5 Å². The Labute approximate surface area is 174 Å². The van der Waals surface area contributed by atoms with Crippen LogP contribution in [0, 0.1) is 22.7 Å². The number of fused-ring (bicyclic) bond motifs is 1. The predicted octanol–water partition coefficient (Wildman–Crippen LogP) is 4.50. The third-order valence-electron chi connectivity index (χ3n) is 7.99. The second-order valence-corrected chi connectivity index (χ2v) is 9.74. The average molecular weight is 402 g/mol. The second kappa shape index (κ2) is 7.50. The van der Waals surface area contributed by atoms with Crippen molar-refractivity contribution in [2.45, 2.75) is 65.0 Å². The van der Waals surface area contributed by atoms with E-state index in [9.17, 15) is 4.79 Å². The molecule has 5 heteroatoms. The molecule has 1 heterocycles. The minimum atomic E-state index is 0.0134. The second-order valence-electron chi connectivity index (χ2n) is 9.74. The minimum absolute atomic E-state index is 0.0134. The molecule has 0 aromatic heterocycles. The van der Waals surface area contributed by atoms with Crippen molar-refractivity contribution in [3.63, 3.8) is 0 Å². The van der Waals surface area contributed by atoms with E-state index in [0.29, 0.717) is 18.3 Å². The first-order valence-corrected chi connectivity index (χ1v) is 11.0. The van der Waals surface area contributed by atoms with Crippen molar-refractivity contribution in [3.8, 4) is 11.5 Å². The fourth-order valence-corrected chi connectivity index (χ4v) is 6.57. The zero-order valence-electron chi connectivity index (χ0n) is 18.4. The topological polar surface area (TPSA) is 56.8 Å². The van der Waals surface area contributed by atoms with E-state index in [-0.39, 0.29) is 28.9 Å². The van der Waals surface area contributed by atoms with E-state index in [2.05, 4.69) is 38.2 Å². The Hall–Kier alpha value is -1.75. The number of carbonyl (C=O) groups excluding carboxylic acids is 1. The molecule has 1 aromatic rings. The van der Waals surface area contributed by atoms with Crippen LogP contribution in [0.4, 0.5) is 0 Å². The maximum Gasteiger partial charge on any atom is 0.220 e. The Morgan fingerprint density at radius 3 is 2.52 bits per heavy atom. The summed E-state index contributed by atoms with van der Waals surface area (Å²) in [6.07, 6.45) is 4.85. The summed E-state index contributed by atoms with van der Waals surface area (Å²) in [7, 11) is 3.36. The number of methoxy groups -OCH3 is 2. The maximum absolute atomic E-state index is 12.6. The smallest absolute Gasteiger partial charge is 0.220 e. The van der Waals surface area contributed by atoms with Crippen LogP contribution in [0.5, 0.6) is 11.5 Å². The molecular formula is C24H35NO4. The quantitative estimate of drug-likeness (QED) is 0.762. The van der Waals surface area contributed by atoms with Crippen LogP contribution in [0.25, 0.3) is 0 Å². The van der Waals surface area contributed by atoms with E-state index < -0.39 is 0 Å². The van der Waals surface area contributed by atoms with Crippen LogP contribution in [0.15, 0.2) is 18.2 Å². The van der Waals surface area contributed by atoms with E-state index in [4.69, 9.17) is 14.2 Å². The van der Waals surface area contributed by atoms with E-state index in [1.165, 1.54) is 6.42 Å². The first kappa shape index (κ1) is 20.5. The average Bonchev–Trinajstić information content (AvgIpc) is 3.20. The number of hydrogen-bond acceptors (Lipinski definition) is 4. The first-order chi connectivity index (χ1) is 13.9. The summed E-state index contributed by atoms with van der Waals surface area (Å²) in [4.78, 5) is 12.6. The molecule has 160 valence electrons. The van der Waals surface area contributed by atoms with Gasteiger partial charge in [0.15, 0.2) is 0 Å². The lowest BCUT2D eigenvalue weighted by atomic mass is 9.59. The lowest BCUT2D eigenvalue weighted by molar-refractivity contribution is -0.137. The molecule has 1 spiro atoms. The Morgan fingerprint density at radius 1 is 1.21 bits per heavy atom. The summed E-state index contributed by atoms with van der Waals surface area (Å²) in [6, 6.07) is 6.26. The van der Waals surface area contributed by atoms with Gasteiger partial charge in [-0.2, -0.15) is 0 Å². The van der Waals surface area contributed by atoms with Gasteiger partial charge in [-0.25, -0.2) is 0 Å². The summed E-state index contributed by atoms with van der Waals surface area (Å²) in [5.41, 5.74) is 1.35. The standard InChI is InChI=1S/C24H35NO4/c1-6-7-20(26)25-22-23(2,3)16-12-19-21(29-9-8-24(19,22)14-16)15-10-17(27-4)13-18(11-15)28-5/h10-11,13,16,19,21-22H,6-9,12,14H2,1-5H3,(H,25,26)/t16-,19-,21-,22-,24-/m1/s1. The zero-order chi connectivity index (χ0) is 20.8. The van der Waals surface area contributed by atoms with Crippen LogP contribution in [-0.4, -0.2) is 32.8 Å². The van der Waals surface area contributed by atoms with Gasteiger partial charge >= 0.3 is 0 Å². The molecule has 3 aliphatic rings. The minimum Gasteiger partial charge on any atom is -0.497 e. The van der Waals surface area contributed by atoms with Gasteiger partial charge in [-0.3, -0.25) is 4.79 Å². The van der Waals surface area contributed by atoms with Gasteiger partial charge in [0.05, 0.1) is 20.3 Å². The van der Waals surface area contributed by atoms with Crippen LogP contribution < -0.4 is 14.8 Å². The number of ether oxygens (including phenoxy) is 3. The van der Waals surface area contributed by atoms with Gasteiger partial charge in [0.25, 0.3) is 0 Å². The molecule has 1 aliphatic heterocycles. The normalized spacial score (nSPS) is 34.5. The van der Waals surface area contributed by atoms with Crippen molar-refractivity contribution in [1.29, 1.82) is 0 Å². The van der Waals surface area contributed by atoms with Crippen molar-refractivity contribution < 1.29 is 19.0 Å². The fraction of sp³-hybridized carbons (Fsp3) is 0.708. The van der Waals surface area contributed by atoms with Crippen LogP contribution in [0.3, 0.4) is 0 Å². The van der Waals surface area contributed by atoms with Crippen molar-refractivity contribution in [2.75, 3.05) is 20.8 Å². The molecule has 3 fully saturated rings. The van der Waals surface area contributed by atoms with Crippen molar-refractivity contribution in [1.82, 2.24) is 5.32 Å². The van der Waals surface area contributed by atoms with Gasteiger partial charge in [0.2, 0.25) is 5.91 Å². The molecule has 29 heavy (non-hydrogen) atoms. The van der Waals surface area contributed by atoms with Crippen LogP contribution in [0.1, 0.15) is 64.5 Å². The lowest BCUT2D eigenvalue weighted by Gasteiger charge is -2.53. The van der Waals surface area contributed by atoms with Gasteiger partial charge in [-0.15, -0.1) is 0 Å². The third kappa shape index (κ3) is 3.22. The van der Waals surface area contributed by atoms with E-state index in [0.717, 1.165) is 42.9 Å². The number of nitrogens with one attached hydrogen (secondary N) is 1. The van der Waals surface area contributed by atoms with Crippen LogP contribution in [0.2, 0.25) is 0 Å². The fourth-order valence-electron chi connectivity index (χ4n) is 6.57. The number of carbonyl (C=O) groups is 1. The van der Waals surface area contributed by atoms with Crippen LogP contribution in [-0.2, 0) is 9.53 Å². The summed E-state index contributed by atoms with van der Waals surface area (Å²) in [5.74, 6) is 2.78. The Bertz CT molecular complexity index is 754. The molecule has 1 N–H and O–H groups in total. The van der Waals surface area contributed by atoms with Crippen molar-refractivity contribution in [3.05, 3.63) is 23.8 Å². The van der Waals surface area contributed by atoms with E-state index in [1.807, 2.05) is 6.07 Å². The highest BCUT2D eigenvalue weighted by Crippen LogP contribution is 2.70. The summed E-state index contributed by atoms with van der Waals surface area (Å²) in [6.45, 7) is 7.48. The molecule has 5 nitrogen and oxygen atoms in total. The van der Waals surface area contributed by atoms with E-state index >= 15 is 0 Å². The summed E-state index contributed by atoms with van der Waals surface area (Å²) >= 11 is 0. The zero-order valence-corrected chi connectivity index (χ0v) is 18.4. The highest BCUT2D eigenvalue weighted by molar-refractivity contribution is 5.76. The van der Waals surface area contributed by atoms with Crippen molar-refractivity contribution >= 4 is 5.91 Å². The summed E-state index contributed by atoms with van der Waals surface area (Å²) < 4.78 is 17.4. The van der Waals surface area contributed by atoms with Gasteiger partial charge in [-0.1, -0.05) is 20.8 Å². The molecule has 2 saturated carbocycles. The monoisotopic (exact) mass is 401 g/mol. The Balaban J connectivity index is 1.68. The van der Waals surface area contributed by atoms with Gasteiger partial charge in [-0.05, 0) is 66.0 Å². The number of hydrogen-bond donors (Lipinski definition) is 1. The molecule has 2 bridgehead atoms. The summed E-state index contributed by atoms with van der Waals surface area (Å²) in [5, 5.41) is 3.46. The molecule has 1 aromatic carbocycles. The Kier molecular flexibility index (Phi) is 5.30. The van der Waals surface area contributed by atoms with E-state index in [1.54, 1.807) is 14.2 Å². The SMILES string of the molecule is CCCC(=O)N[C@@H]1C(C)(C)[C@@H]2C[C@@H]3[C@@H](c4cc(OC)cc(OC)c4)OCC[C@@]31C2. The molecule has 1 amide bonds. The van der Waals surface area contributed by atoms with Crippen LogP contribution >= 0.6 is 0 Å². The predicted molar refractivity (Wildman–Crippen MR) is 112 cm³/mol. The number of amides is 1. The molecule has 0 unspecified atom stereocenters. The molecule has 4 rings (SSSR count). The molecule has 5 atom stereocenters. The largest absolute Gasteiger partial charge is 0.497 e.